The van der Waals surface area contributed by atoms with E-state index in [0.29, 0.717) is 15.7 Å². The first-order valence-corrected chi connectivity index (χ1v) is 5.70. The van der Waals surface area contributed by atoms with E-state index in [1.54, 1.807) is 18.2 Å². The summed E-state index contributed by atoms with van der Waals surface area (Å²) in [5.41, 5.74) is -0.0704. The molecule has 0 aromatic heterocycles. The lowest BCUT2D eigenvalue weighted by molar-refractivity contribution is -0.122. The molecule has 1 aliphatic carbocycles. The Morgan fingerprint density at radius 2 is 2.12 bits per heavy atom. The minimum absolute atomic E-state index is 0.121. The van der Waals surface area contributed by atoms with E-state index >= 15 is 0 Å². The summed E-state index contributed by atoms with van der Waals surface area (Å²) in [5.74, 6) is -0.181. The lowest BCUT2D eigenvalue weighted by Crippen LogP contribution is -2.27. The van der Waals surface area contributed by atoms with Crippen LogP contribution in [0.4, 0.5) is 5.69 Å². The van der Waals surface area contributed by atoms with Crippen molar-refractivity contribution in [2.45, 2.75) is 12.8 Å². The van der Waals surface area contributed by atoms with Crippen LogP contribution in [0.1, 0.15) is 12.8 Å². The molecule has 0 unspecified atom stereocenters. The molecule has 2 N–H and O–H groups in total. The van der Waals surface area contributed by atoms with Gasteiger partial charge in [-0.05, 0) is 31.0 Å². The topological polar surface area (TPSA) is 49.3 Å². The Balaban J connectivity index is 2.12. The summed E-state index contributed by atoms with van der Waals surface area (Å²) >= 11 is 11.7. The first-order valence-electron chi connectivity index (χ1n) is 4.95. The summed E-state index contributed by atoms with van der Waals surface area (Å²) in [7, 11) is 0. The predicted molar refractivity (Wildman–Crippen MR) is 63.8 cm³/mol. The number of carbonyl (C=O) groups excluding carboxylic acids is 1. The summed E-state index contributed by atoms with van der Waals surface area (Å²) in [6, 6.07) is 4.87. The molecule has 16 heavy (non-hydrogen) atoms. The number of benzene rings is 1. The van der Waals surface area contributed by atoms with Crippen molar-refractivity contribution in [3.8, 4) is 0 Å². The molecule has 0 aliphatic heterocycles. The van der Waals surface area contributed by atoms with Crippen LogP contribution in [0.25, 0.3) is 0 Å². The van der Waals surface area contributed by atoms with Gasteiger partial charge in [0.15, 0.2) is 0 Å². The highest BCUT2D eigenvalue weighted by atomic mass is 35.5. The average Bonchev–Trinajstić information content (AvgIpc) is 3.03. The Hall–Kier alpha value is -0.770. The van der Waals surface area contributed by atoms with Crippen LogP contribution < -0.4 is 5.32 Å². The van der Waals surface area contributed by atoms with Gasteiger partial charge in [-0.1, -0.05) is 23.2 Å². The standard InChI is InChI=1S/C11H11Cl2NO2/c12-7-1-2-9(8(13)5-7)14-10(16)11(6-15)3-4-11/h1-2,5,15H,3-4,6H2,(H,14,16). The second kappa shape index (κ2) is 4.24. The van der Waals surface area contributed by atoms with E-state index in [0.717, 1.165) is 12.8 Å². The van der Waals surface area contributed by atoms with Gasteiger partial charge in [-0.3, -0.25) is 4.79 Å². The zero-order valence-corrected chi connectivity index (χ0v) is 9.98. The fraction of sp³-hybridized carbons (Fsp3) is 0.364. The van der Waals surface area contributed by atoms with Gasteiger partial charge in [0.2, 0.25) is 5.91 Å². The summed E-state index contributed by atoms with van der Waals surface area (Å²) in [6.07, 6.45) is 1.45. The van der Waals surface area contributed by atoms with Gasteiger partial charge >= 0.3 is 0 Å². The first-order chi connectivity index (χ1) is 7.57. The summed E-state index contributed by atoms with van der Waals surface area (Å²) in [5, 5.41) is 12.7. The molecule has 0 spiro atoms. The number of amides is 1. The van der Waals surface area contributed by atoms with Crippen LogP contribution in [0, 0.1) is 5.41 Å². The molecule has 0 heterocycles. The normalized spacial score (nSPS) is 16.9. The van der Waals surface area contributed by atoms with Crippen LogP contribution in [-0.4, -0.2) is 17.6 Å². The van der Waals surface area contributed by atoms with E-state index in [2.05, 4.69) is 5.32 Å². The zero-order valence-electron chi connectivity index (χ0n) is 8.46. The fourth-order valence-corrected chi connectivity index (χ4v) is 1.91. The number of halogens is 2. The third kappa shape index (κ3) is 2.17. The number of anilines is 1. The molecule has 3 nitrogen and oxygen atoms in total. The highest BCUT2D eigenvalue weighted by Crippen LogP contribution is 2.46. The number of carbonyl (C=O) groups is 1. The zero-order chi connectivity index (χ0) is 11.8. The van der Waals surface area contributed by atoms with E-state index < -0.39 is 5.41 Å². The van der Waals surface area contributed by atoms with Crippen LogP contribution >= 0.6 is 23.2 Å². The van der Waals surface area contributed by atoms with Crippen molar-refractivity contribution < 1.29 is 9.90 Å². The van der Waals surface area contributed by atoms with Crippen molar-refractivity contribution in [2.75, 3.05) is 11.9 Å². The predicted octanol–water partition coefficient (Wildman–Crippen LogP) is 2.70. The van der Waals surface area contributed by atoms with Crippen LogP contribution in [0.2, 0.25) is 10.0 Å². The van der Waals surface area contributed by atoms with E-state index in [4.69, 9.17) is 28.3 Å². The van der Waals surface area contributed by atoms with E-state index in [9.17, 15) is 4.79 Å². The second-order valence-corrected chi connectivity index (χ2v) is 4.86. The van der Waals surface area contributed by atoms with Crippen molar-refractivity contribution in [2.24, 2.45) is 5.41 Å². The van der Waals surface area contributed by atoms with Gasteiger partial charge in [-0.2, -0.15) is 0 Å². The third-order valence-electron chi connectivity index (χ3n) is 2.82. The summed E-state index contributed by atoms with van der Waals surface area (Å²) in [4.78, 5) is 11.8. The minimum Gasteiger partial charge on any atom is -0.395 e. The SMILES string of the molecule is O=C(Nc1ccc(Cl)cc1Cl)C1(CO)CC1. The van der Waals surface area contributed by atoms with Gasteiger partial charge in [-0.25, -0.2) is 0 Å². The number of hydrogen-bond acceptors (Lipinski definition) is 2. The number of rotatable bonds is 3. The van der Waals surface area contributed by atoms with Crippen molar-refractivity contribution in [1.29, 1.82) is 0 Å². The largest absolute Gasteiger partial charge is 0.395 e. The van der Waals surface area contributed by atoms with Gasteiger partial charge < -0.3 is 10.4 Å². The summed E-state index contributed by atoms with van der Waals surface area (Å²) < 4.78 is 0. The van der Waals surface area contributed by atoms with Crippen LogP contribution in [-0.2, 0) is 4.79 Å². The maximum atomic E-state index is 11.8. The van der Waals surface area contributed by atoms with Gasteiger partial charge in [0.1, 0.15) is 0 Å². The Bertz CT molecular complexity index is 430. The average molecular weight is 260 g/mol. The molecule has 0 saturated heterocycles. The molecule has 0 atom stereocenters. The number of aliphatic hydroxyl groups is 1. The highest BCUT2D eigenvalue weighted by Gasteiger charge is 2.49. The van der Waals surface area contributed by atoms with Crippen molar-refractivity contribution in [3.05, 3.63) is 28.2 Å². The molecule has 1 amide bonds. The van der Waals surface area contributed by atoms with Gasteiger partial charge in [0.05, 0.1) is 22.7 Å². The Kier molecular flexibility index (Phi) is 3.10. The molecule has 0 radical (unpaired) electrons. The smallest absolute Gasteiger partial charge is 0.232 e. The quantitative estimate of drug-likeness (QED) is 0.877. The highest BCUT2D eigenvalue weighted by molar-refractivity contribution is 6.36. The molecule has 1 aliphatic rings. The first kappa shape index (κ1) is 11.7. The molecule has 5 heteroatoms. The van der Waals surface area contributed by atoms with Gasteiger partial charge in [0, 0.05) is 5.02 Å². The third-order valence-corrected chi connectivity index (χ3v) is 3.37. The molecule has 86 valence electrons. The van der Waals surface area contributed by atoms with Crippen LogP contribution in [0.5, 0.6) is 0 Å². The molecule has 1 aromatic rings. The number of nitrogens with one attached hydrogen (secondary N) is 1. The molecular weight excluding hydrogens is 249 g/mol. The van der Waals surface area contributed by atoms with Crippen molar-refractivity contribution >= 4 is 34.8 Å². The van der Waals surface area contributed by atoms with Gasteiger partial charge in [-0.15, -0.1) is 0 Å². The second-order valence-electron chi connectivity index (χ2n) is 4.02. The fourth-order valence-electron chi connectivity index (χ4n) is 1.45. The minimum atomic E-state index is -0.594. The van der Waals surface area contributed by atoms with Crippen LogP contribution in [0.3, 0.4) is 0 Å². The maximum absolute atomic E-state index is 11.8. The van der Waals surface area contributed by atoms with Crippen molar-refractivity contribution in [3.63, 3.8) is 0 Å². The van der Waals surface area contributed by atoms with E-state index in [1.165, 1.54) is 0 Å². The van der Waals surface area contributed by atoms with Crippen LogP contribution in [0.15, 0.2) is 18.2 Å². The summed E-state index contributed by atoms with van der Waals surface area (Å²) in [6.45, 7) is -0.121. The molecule has 1 saturated carbocycles. The molecule has 1 fully saturated rings. The lowest BCUT2D eigenvalue weighted by atomic mass is 10.1. The number of hydrogen-bond donors (Lipinski definition) is 2. The van der Waals surface area contributed by atoms with Gasteiger partial charge in [0.25, 0.3) is 0 Å². The van der Waals surface area contributed by atoms with E-state index in [-0.39, 0.29) is 12.5 Å². The van der Waals surface area contributed by atoms with E-state index in [1.807, 2.05) is 0 Å². The molecule has 2 rings (SSSR count). The molecule has 1 aromatic carbocycles. The molecule has 0 bridgehead atoms. The lowest BCUT2D eigenvalue weighted by Gasteiger charge is -2.13. The maximum Gasteiger partial charge on any atom is 0.232 e. The Morgan fingerprint density at radius 1 is 1.44 bits per heavy atom. The van der Waals surface area contributed by atoms with Crippen molar-refractivity contribution in [1.82, 2.24) is 0 Å². The Morgan fingerprint density at radius 3 is 2.62 bits per heavy atom. The Labute approximate surface area is 103 Å². The monoisotopic (exact) mass is 259 g/mol. The molecular formula is C11H11Cl2NO2. The number of aliphatic hydroxyl groups excluding tert-OH is 1.